The topological polar surface area (TPSA) is 81.2 Å². The van der Waals surface area contributed by atoms with E-state index >= 15 is 0 Å². The number of nitro groups is 1. The number of aryl methyl sites for hydroxylation is 1. The van der Waals surface area contributed by atoms with Gasteiger partial charge in [0, 0.05) is 0 Å². The normalized spacial score (nSPS) is 18.1. The van der Waals surface area contributed by atoms with E-state index in [4.69, 9.17) is 0 Å². The van der Waals surface area contributed by atoms with Crippen LogP contribution in [-0.2, 0) is 19.4 Å². The number of rotatable bonds is 5. The second-order valence-electron chi connectivity index (χ2n) is 5.65. The Hall–Kier alpha value is -1.43. The van der Waals surface area contributed by atoms with Crippen LogP contribution in [0.4, 0.5) is 5.69 Å². The van der Waals surface area contributed by atoms with E-state index in [2.05, 4.69) is 5.10 Å². The lowest BCUT2D eigenvalue weighted by Gasteiger charge is -2.32. The average molecular weight is 281 g/mol. The van der Waals surface area contributed by atoms with Crippen molar-refractivity contribution in [2.24, 2.45) is 0 Å². The Morgan fingerprint density at radius 2 is 1.95 bits per heavy atom. The number of nitrogens with zero attached hydrogens (tertiary/aromatic N) is 3. The summed E-state index contributed by atoms with van der Waals surface area (Å²) in [6.45, 7) is 4.14. The van der Waals surface area contributed by atoms with Crippen molar-refractivity contribution in [2.75, 3.05) is 0 Å². The molecule has 0 saturated heterocycles. The fourth-order valence-corrected chi connectivity index (χ4v) is 3.12. The van der Waals surface area contributed by atoms with Crippen LogP contribution in [-0.4, -0.2) is 25.4 Å². The third-order valence-corrected chi connectivity index (χ3v) is 4.18. The van der Waals surface area contributed by atoms with Gasteiger partial charge in [0.05, 0.1) is 17.1 Å². The van der Waals surface area contributed by atoms with Gasteiger partial charge in [-0.2, -0.15) is 5.10 Å². The van der Waals surface area contributed by atoms with Crippen LogP contribution < -0.4 is 0 Å². The van der Waals surface area contributed by atoms with Gasteiger partial charge in [-0.3, -0.25) is 14.8 Å². The first kappa shape index (κ1) is 15.0. The van der Waals surface area contributed by atoms with E-state index in [1.807, 2.05) is 13.8 Å². The second kappa shape index (κ2) is 5.91. The Bertz CT molecular complexity index is 490. The van der Waals surface area contributed by atoms with Crippen molar-refractivity contribution >= 4 is 5.69 Å². The summed E-state index contributed by atoms with van der Waals surface area (Å²) in [5, 5.41) is 26.2. The van der Waals surface area contributed by atoms with Crippen molar-refractivity contribution < 1.29 is 10.0 Å². The maximum atomic E-state index is 11.2. The van der Waals surface area contributed by atoms with Crippen molar-refractivity contribution in [1.82, 2.24) is 9.78 Å². The molecule has 0 radical (unpaired) electrons. The second-order valence-corrected chi connectivity index (χ2v) is 5.65. The SMILES string of the molecule is CCc1nn(CC2(O)CCCCC2)c(CC)c1[N+](=O)[O-]. The molecular weight excluding hydrogens is 258 g/mol. The van der Waals surface area contributed by atoms with Gasteiger partial charge < -0.3 is 5.11 Å². The van der Waals surface area contributed by atoms with Crippen LogP contribution in [0.25, 0.3) is 0 Å². The zero-order valence-electron chi connectivity index (χ0n) is 12.3. The van der Waals surface area contributed by atoms with E-state index in [-0.39, 0.29) is 10.6 Å². The number of hydrogen-bond acceptors (Lipinski definition) is 4. The van der Waals surface area contributed by atoms with Gasteiger partial charge in [0.25, 0.3) is 0 Å². The van der Waals surface area contributed by atoms with Gasteiger partial charge in [0.1, 0.15) is 11.4 Å². The number of aliphatic hydroxyl groups is 1. The van der Waals surface area contributed by atoms with Gasteiger partial charge in [-0.05, 0) is 25.7 Å². The maximum Gasteiger partial charge on any atom is 0.313 e. The molecule has 112 valence electrons. The minimum absolute atomic E-state index is 0.134. The largest absolute Gasteiger partial charge is 0.388 e. The molecular formula is C14H23N3O3. The molecule has 0 unspecified atom stereocenters. The fraction of sp³-hybridized carbons (Fsp3) is 0.786. The number of aromatic nitrogens is 2. The Morgan fingerprint density at radius 1 is 1.30 bits per heavy atom. The van der Waals surface area contributed by atoms with E-state index in [1.54, 1.807) is 4.68 Å². The molecule has 1 N–H and O–H groups in total. The molecule has 1 aromatic heterocycles. The van der Waals surface area contributed by atoms with E-state index in [0.717, 1.165) is 32.1 Å². The first-order chi connectivity index (χ1) is 9.50. The molecule has 1 saturated carbocycles. The van der Waals surface area contributed by atoms with Crippen LogP contribution >= 0.6 is 0 Å². The number of hydrogen-bond donors (Lipinski definition) is 1. The Kier molecular flexibility index (Phi) is 4.42. The van der Waals surface area contributed by atoms with Crippen LogP contribution in [0.15, 0.2) is 0 Å². The fourth-order valence-electron chi connectivity index (χ4n) is 3.12. The van der Waals surface area contributed by atoms with E-state index in [1.165, 1.54) is 0 Å². The summed E-state index contributed by atoms with van der Waals surface area (Å²) < 4.78 is 1.67. The molecule has 0 spiro atoms. The summed E-state index contributed by atoms with van der Waals surface area (Å²) in [6.07, 6.45) is 5.79. The van der Waals surface area contributed by atoms with E-state index < -0.39 is 5.60 Å². The monoisotopic (exact) mass is 281 g/mol. The molecule has 2 rings (SSSR count). The summed E-state index contributed by atoms with van der Waals surface area (Å²) in [4.78, 5) is 10.9. The highest BCUT2D eigenvalue weighted by Crippen LogP contribution is 2.32. The molecule has 1 aliphatic carbocycles. The molecule has 0 amide bonds. The molecule has 6 nitrogen and oxygen atoms in total. The van der Waals surface area contributed by atoms with Gasteiger partial charge >= 0.3 is 5.69 Å². The molecule has 1 fully saturated rings. The average Bonchev–Trinajstić information content (AvgIpc) is 2.76. The van der Waals surface area contributed by atoms with E-state index in [9.17, 15) is 15.2 Å². The predicted molar refractivity (Wildman–Crippen MR) is 75.7 cm³/mol. The third kappa shape index (κ3) is 2.85. The Labute approximate surface area is 118 Å². The molecule has 20 heavy (non-hydrogen) atoms. The zero-order chi connectivity index (χ0) is 14.8. The summed E-state index contributed by atoms with van der Waals surface area (Å²) in [5.41, 5.74) is 0.527. The highest BCUT2D eigenvalue weighted by molar-refractivity contribution is 5.41. The predicted octanol–water partition coefficient (Wildman–Crippen LogP) is 2.61. The van der Waals surface area contributed by atoms with Crippen molar-refractivity contribution in [1.29, 1.82) is 0 Å². The minimum Gasteiger partial charge on any atom is -0.388 e. The van der Waals surface area contributed by atoms with Gasteiger partial charge in [0.2, 0.25) is 0 Å². The van der Waals surface area contributed by atoms with Crippen molar-refractivity contribution in [3.05, 3.63) is 21.5 Å². The first-order valence-corrected chi connectivity index (χ1v) is 7.46. The molecule has 1 heterocycles. The van der Waals surface area contributed by atoms with Gasteiger partial charge in [-0.25, -0.2) is 0 Å². The van der Waals surface area contributed by atoms with Gasteiger partial charge in [-0.1, -0.05) is 33.1 Å². The third-order valence-electron chi connectivity index (χ3n) is 4.18. The van der Waals surface area contributed by atoms with Crippen LogP contribution in [0.5, 0.6) is 0 Å². The Balaban J connectivity index is 2.33. The van der Waals surface area contributed by atoms with Crippen molar-refractivity contribution in [3.8, 4) is 0 Å². The Morgan fingerprint density at radius 3 is 2.45 bits per heavy atom. The molecule has 1 aliphatic rings. The minimum atomic E-state index is -0.757. The molecule has 6 heteroatoms. The maximum absolute atomic E-state index is 11.2. The summed E-state index contributed by atoms with van der Waals surface area (Å²) in [6, 6.07) is 0. The summed E-state index contributed by atoms with van der Waals surface area (Å²) >= 11 is 0. The summed E-state index contributed by atoms with van der Waals surface area (Å²) in [5.74, 6) is 0. The smallest absolute Gasteiger partial charge is 0.313 e. The zero-order valence-corrected chi connectivity index (χ0v) is 12.3. The lowest BCUT2D eigenvalue weighted by molar-refractivity contribution is -0.386. The van der Waals surface area contributed by atoms with Gasteiger partial charge in [0.15, 0.2) is 0 Å². The standard InChI is InChI=1S/C14H23N3O3/c1-3-11-13(17(19)20)12(4-2)16(15-11)10-14(18)8-6-5-7-9-14/h18H,3-10H2,1-2H3. The molecule has 0 atom stereocenters. The molecule has 0 bridgehead atoms. The quantitative estimate of drug-likeness (QED) is 0.664. The van der Waals surface area contributed by atoms with Crippen LogP contribution in [0.3, 0.4) is 0 Å². The summed E-state index contributed by atoms with van der Waals surface area (Å²) in [7, 11) is 0. The lowest BCUT2D eigenvalue weighted by atomic mass is 9.85. The lowest BCUT2D eigenvalue weighted by Crippen LogP contribution is -2.37. The van der Waals surface area contributed by atoms with Crippen molar-refractivity contribution in [3.63, 3.8) is 0 Å². The van der Waals surface area contributed by atoms with Crippen LogP contribution in [0.2, 0.25) is 0 Å². The van der Waals surface area contributed by atoms with Gasteiger partial charge in [-0.15, -0.1) is 0 Å². The highest BCUT2D eigenvalue weighted by atomic mass is 16.6. The van der Waals surface area contributed by atoms with E-state index in [0.29, 0.717) is 30.8 Å². The molecule has 0 aliphatic heterocycles. The molecule has 1 aromatic rings. The van der Waals surface area contributed by atoms with Crippen LogP contribution in [0.1, 0.15) is 57.3 Å². The highest BCUT2D eigenvalue weighted by Gasteiger charge is 2.33. The molecule has 0 aromatic carbocycles. The van der Waals surface area contributed by atoms with Crippen molar-refractivity contribution in [2.45, 2.75) is 70.9 Å². The van der Waals surface area contributed by atoms with Crippen LogP contribution in [0, 0.1) is 10.1 Å². The first-order valence-electron chi connectivity index (χ1n) is 7.46.